The summed E-state index contributed by atoms with van der Waals surface area (Å²) in [5, 5.41) is 10.2. The first-order valence-corrected chi connectivity index (χ1v) is 10.9. The van der Waals surface area contributed by atoms with Gasteiger partial charge in [0, 0.05) is 18.9 Å². The van der Waals surface area contributed by atoms with E-state index in [0.29, 0.717) is 30.8 Å². The van der Waals surface area contributed by atoms with Gasteiger partial charge in [-0.15, -0.1) is 0 Å². The summed E-state index contributed by atoms with van der Waals surface area (Å²) in [6, 6.07) is 0. The van der Waals surface area contributed by atoms with Crippen molar-refractivity contribution in [1.82, 2.24) is 0 Å². The van der Waals surface area contributed by atoms with Crippen molar-refractivity contribution in [1.29, 1.82) is 0 Å². The van der Waals surface area contributed by atoms with Crippen molar-refractivity contribution < 1.29 is 19.4 Å². The van der Waals surface area contributed by atoms with Crippen molar-refractivity contribution in [2.75, 3.05) is 13.7 Å². The number of epoxide rings is 1. The van der Waals surface area contributed by atoms with Crippen LogP contribution in [0.3, 0.4) is 0 Å². The summed E-state index contributed by atoms with van der Waals surface area (Å²) >= 11 is 0. The summed E-state index contributed by atoms with van der Waals surface area (Å²) in [4.78, 5) is 13.1. The van der Waals surface area contributed by atoms with Crippen LogP contribution < -0.4 is 0 Å². The molecular formula is C23H34O4. The van der Waals surface area contributed by atoms with Gasteiger partial charge < -0.3 is 14.6 Å². The molecule has 1 saturated heterocycles. The zero-order valence-corrected chi connectivity index (χ0v) is 17.0. The number of carbonyl (C=O) groups is 1. The van der Waals surface area contributed by atoms with E-state index in [1.54, 1.807) is 7.11 Å². The molecule has 0 aromatic rings. The highest BCUT2D eigenvalue weighted by Crippen LogP contribution is 2.73. The molecule has 8 atom stereocenters. The minimum absolute atomic E-state index is 0.0143. The fourth-order valence-corrected chi connectivity index (χ4v) is 7.94. The monoisotopic (exact) mass is 374 g/mol. The number of Topliss-reactive ketones (excluding diaryl/α,β-unsaturated/α-hetero) is 1. The minimum Gasteiger partial charge on any atom is -0.393 e. The lowest BCUT2D eigenvalue weighted by atomic mass is 9.47. The van der Waals surface area contributed by atoms with Gasteiger partial charge >= 0.3 is 0 Å². The van der Waals surface area contributed by atoms with Gasteiger partial charge in [-0.3, -0.25) is 4.79 Å². The first-order valence-electron chi connectivity index (χ1n) is 10.9. The third kappa shape index (κ3) is 2.24. The molecule has 1 aliphatic heterocycles. The van der Waals surface area contributed by atoms with E-state index >= 15 is 0 Å². The number of aliphatic hydroxyl groups is 1. The van der Waals surface area contributed by atoms with E-state index in [1.165, 1.54) is 12.0 Å². The minimum atomic E-state index is -0.519. The highest BCUT2D eigenvalue weighted by Gasteiger charge is 2.79. The number of allylic oxidation sites excluding steroid dienone is 1. The Bertz CT molecular complexity index is 686. The van der Waals surface area contributed by atoms with Crippen LogP contribution in [-0.4, -0.2) is 42.4 Å². The van der Waals surface area contributed by atoms with Crippen molar-refractivity contribution in [3.05, 3.63) is 11.6 Å². The first kappa shape index (κ1) is 18.3. The van der Waals surface area contributed by atoms with E-state index in [0.717, 1.165) is 38.5 Å². The van der Waals surface area contributed by atoms with Crippen LogP contribution in [0.25, 0.3) is 0 Å². The molecule has 0 spiro atoms. The Hall–Kier alpha value is -0.710. The lowest BCUT2D eigenvalue weighted by Gasteiger charge is -2.58. The fourth-order valence-electron chi connectivity index (χ4n) is 7.94. The van der Waals surface area contributed by atoms with E-state index in [-0.39, 0.29) is 28.8 Å². The van der Waals surface area contributed by atoms with Crippen molar-refractivity contribution in [3.8, 4) is 0 Å². The third-order valence-corrected chi connectivity index (χ3v) is 9.46. The van der Waals surface area contributed by atoms with E-state index in [2.05, 4.69) is 19.9 Å². The maximum absolute atomic E-state index is 13.1. The number of hydrogen-bond acceptors (Lipinski definition) is 4. The normalized spacial score (nSPS) is 52.9. The number of rotatable bonds is 4. The molecule has 0 aromatic carbocycles. The van der Waals surface area contributed by atoms with Crippen LogP contribution in [0.5, 0.6) is 0 Å². The Morgan fingerprint density at radius 1 is 1.30 bits per heavy atom. The zero-order valence-electron chi connectivity index (χ0n) is 17.0. The van der Waals surface area contributed by atoms with Crippen LogP contribution in [0, 0.1) is 28.6 Å². The van der Waals surface area contributed by atoms with Crippen LogP contribution >= 0.6 is 0 Å². The average molecular weight is 375 g/mol. The summed E-state index contributed by atoms with van der Waals surface area (Å²) in [5.41, 5.74) is 1.23. The summed E-state index contributed by atoms with van der Waals surface area (Å²) in [7, 11) is 1.66. The largest absolute Gasteiger partial charge is 0.393 e. The van der Waals surface area contributed by atoms with Crippen molar-refractivity contribution in [2.45, 2.75) is 83.0 Å². The van der Waals surface area contributed by atoms with Gasteiger partial charge in [-0.05, 0) is 68.1 Å². The SMILES string of the molecule is COCCC(=O)[C@@]12O[C@@H]1C[C@@H]1[C@@H]3CC=C4C[C@H](O)CC[C@]4(C)[C@H]3CC[C@]12C. The molecule has 1 heterocycles. The van der Waals surface area contributed by atoms with Gasteiger partial charge in [-0.25, -0.2) is 0 Å². The average Bonchev–Trinajstić information content (AvgIpc) is 3.32. The topological polar surface area (TPSA) is 59.1 Å². The molecular weight excluding hydrogens is 340 g/mol. The standard InChI is InChI=1S/C23H34O4/c1-21-9-6-15(24)12-14(21)4-5-16-17(21)7-10-22(2)18(16)13-20-23(22,27-20)19(25)8-11-26-3/h4,15-18,20,24H,5-13H2,1-3H3/t15-,16-,17+,18-,20-,21+,22-,23-/m1/s1. The van der Waals surface area contributed by atoms with Gasteiger partial charge in [0.15, 0.2) is 11.4 Å². The number of ether oxygens (including phenoxy) is 2. The quantitative estimate of drug-likeness (QED) is 0.603. The lowest BCUT2D eigenvalue weighted by molar-refractivity contribution is -0.138. The summed E-state index contributed by atoms with van der Waals surface area (Å²) in [5.74, 6) is 2.22. The van der Waals surface area contributed by atoms with Crippen molar-refractivity contribution >= 4 is 5.78 Å². The smallest absolute Gasteiger partial charge is 0.170 e. The predicted octanol–water partition coefficient (Wildman–Crippen LogP) is 3.66. The van der Waals surface area contributed by atoms with Gasteiger partial charge in [0.2, 0.25) is 0 Å². The molecule has 0 bridgehead atoms. The summed E-state index contributed by atoms with van der Waals surface area (Å²) < 4.78 is 11.3. The van der Waals surface area contributed by atoms with Gasteiger partial charge in [-0.1, -0.05) is 25.5 Å². The van der Waals surface area contributed by atoms with Gasteiger partial charge in [0.05, 0.1) is 18.8 Å². The molecule has 5 aliphatic rings. The van der Waals surface area contributed by atoms with E-state index < -0.39 is 5.60 Å². The molecule has 3 saturated carbocycles. The predicted molar refractivity (Wildman–Crippen MR) is 102 cm³/mol. The van der Waals surface area contributed by atoms with E-state index in [1.807, 2.05) is 0 Å². The number of aliphatic hydroxyl groups excluding tert-OH is 1. The molecule has 4 nitrogen and oxygen atoms in total. The number of carbonyl (C=O) groups excluding carboxylic acids is 1. The molecule has 27 heavy (non-hydrogen) atoms. The fraction of sp³-hybridized carbons (Fsp3) is 0.870. The highest BCUT2D eigenvalue weighted by atomic mass is 16.6. The maximum atomic E-state index is 13.1. The number of ketones is 1. The van der Waals surface area contributed by atoms with Crippen LogP contribution in [-0.2, 0) is 14.3 Å². The molecule has 5 rings (SSSR count). The third-order valence-electron chi connectivity index (χ3n) is 9.46. The highest BCUT2D eigenvalue weighted by molar-refractivity contribution is 5.92. The molecule has 0 radical (unpaired) electrons. The Balaban J connectivity index is 1.44. The Kier molecular flexibility index (Phi) is 4.00. The number of fused-ring (bicyclic) bond motifs is 7. The molecule has 4 fully saturated rings. The zero-order chi connectivity index (χ0) is 19.0. The summed E-state index contributed by atoms with van der Waals surface area (Å²) in [6.07, 6.45) is 10.3. The van der Waals surface area contributed by atoms with Crippen molar-refractivity contribution in [3.63, 3.8) is 0 Å². The molecule has 0 amide bonds. The van der Waals surface area contributed by atoms with Crippen LogP contribution in [0.4, 0.5) is 0 Å². The first-order chi connectivity index (χ1) is 12.9. The number of hydrogen-bond donors (Lipinski definition) is 1. The molecule has 0 unspecified atom stereocenters. The second-order valence-electron chi connectivity index (χ2n) is 10.4. The second-order valence-corrected chi connectivity index (χ2v) is 10.4. The molecule has 1 N–H and O–H groups in total. The summed E-state index contributed by atoms with van der Waals surface area (Å²) in [6.45, 7) is 5.30. The van der Waals surface area contributed by atoms with Gasteiger partial charge in [-0.2, -0.15) is 0 Å². The van der Waals surface area contributed by atoms with Crippen LogP contribution in [0.15, 0.2) is 11.6 Å². The molecule has 4 aliphatic carbocycles. The van der Waals surface area contributed by atoms with Crippen LogP contribution in [0.1, 0.15) is 65.2 Å². The van der Waals surface area contributed by atoms with E-state index in [9.17, 15) is 9.90 Å². The van der Waals surface area contributed by atoms with Crippen LogP contribution in [0.2, 0.25) is 0 Å². The molecule has 150 valence electrons. The van der Waals surface area contributed by atoms with E-state index in [4.69, 9.17) is 9.47 Å². The van der Waals surface area contributed by atoms with Gasteiger partial charge in [0.1, 0.15) is 0 Å². The number of methoxy groups -OCH3 is 1. The maximum Gasteiger partial charge on any atom is 0.170 e. The van der Waals surface area contributed by atoms with Gasteiger partial charge in [0.25, 0.3) is 0 Å². The lowest BCUT2D eigenvalue weighted by Crippen LogP contribution is -2.54. The van der Waals surface area contributed by atoms with Crippen molar-refractivity contribution in [2.24, 2.45) is 28.6 Å². The Morgan fingerprint density at radius 3 is 2.89 bits per heavy atom. The second kappa shape index (κ2) is 5.90. The molecule has 4 heteroatoms. The Morgan fingerprint density at radius 2 is 2.11 bits per heavy atom. The Labute approximate surface area is 162 Å². The molecule has 0 aromatic heterocycles.